The first kappa shape index (κ1) is 18.2. The van der Waals surface area contributed by atoms with E-state index in [-0.39, 0.29) is 17.9 Å². The van der Waals surface area contributed by atoms with Crippen LogP contribution in [0.1, 0.15) is 52.5 Å². The van der Waals surface area contributed by atoms with E-state index in [1.54, 1.807) is 11.3 Å². The third-order valence-corrected chi connectivity index (χ3v) is 6.53. The van der Waals surface area contributed by atoms with E-state index in [1.807, 2.05) is 35.7 Å². The van der Waals surface area contributed by atoms with Crippen LogP contribution in [0, 0.1) is 5.92 Å². The van der Waals surface area contributed by atoms with Gasteiger partial charge in [0.2, 0.25) is 5.91 Å². The minimum absolute atomic E-state index is 0.0765. The lowest BCUT2D eigenvalue weighted by Gasteiger charge is -2.21. The van der Waals surface area contributed by atoms with Crippen molar-refractivity contribution in [3.8, 4) is 0 Å². The van der Waals surface area contributed by atoms with Crippen molar-refractivity contribution in [2.75, 3.05) is 0 Å². The van der Waals surface area contributed by atoms with Gasteiger partial charge in [0.1, 0.15) is 6.04 Å². The smallest absolute Gasteiger partial charge is 0.253 e. The molecule has 0 radical (unpaired) electrons. The fourth-order valence-corrected chi connectivity index (χ4v) is 4.94. The zero-order valence-electron chi connectivity index (χ0n) is 15.7. The van der Waals surface area contributed by atoms with Gasteiger partial charge < -0.3 is 10.6 Å². The first-order valence-electron chi connectivity index (χ1n) is 9.84. The summed E-state index contributed by atoms with van der Waals surface area (Å²) in [5.74, 6) is 0.489. The molecule has 27 heavy (non-hydrogen) atoms. The number of amides is 2. The minimum Gasteiger partial charge on any atom is -0.352 e. The molecule has 2 aliphatic rings. The predicted octanol–water partition coefficient (Wildman–Crippen LogP) is 3.49. The minimum atomic E-state index is -0.543. The zero-order valence-corrected chi connectivity index (χ0v) is 16.5. The normalized spacial score (nSPS) is 19.8. The molecule has 5 heteroatoms. The standard InChI is InChI=1S/C22H26N2O2S/c1-14-7-10-17-18(13-27-20(17)11-14)21(25)24-19(22(26)23-16-8-9-16)12-15-5-3-2-4-6-15/h2-6,13-14,16,19H,7-12H2,1H3,(H,23,26)(H,24,25). The Labute approximate surface area is 164 Å². The summed E-state index contributed by atoms with van der Waals surface area (Å²) in [6, 6.07) is 9.61. The summed E-state index contributed by atoms with van der Waals surface area (Å²) in [5, 5.41) is 8.03. The number of benzene rings is 1. The van der Waals surface area contributed by atoms with E-state index in [1.165, 1.54) is 10.4 Å². The van der Waals surface area contributed by atoms with E-state index in [4.69, 9.17) is 0 Å². The number of rotatable bonds is 6. The summed E-state index contributed by atoms with van der Waals surface area (Å²) < 4.78 is 0. The average Bonchev–Trinajstić information content (AvgIpc) is 3.38. The van der Waals surface area contributed by atoms with Gasteiger partial charge >= 0.3 is 0 Å². The Bertz CT molecular complexity index is 826. The summed E-state index contributed by atoms with van der Waals surface area (Å²) in [7, 11) is 0. The van der Waals surface area contributed by atoms with E-state index in [0.29, 0.717) is 12.3 Å². The molecule has 0 saturated heterocycles. The molecule has 0 aliphatic heterocycles. The third-order valence-electron chi connectivity index (χ3n) is 5.47. The molecule has 1 aromatic carbocycles. The van der Waals surface area contributed by atoms with Gasteiger partial charge in [-0.25, -0.2) is 0 Å². The lowest BCUT2D eigenvalue weighted by molar-refractivity contribution is -0.123. The summed E-state index contributed by atoms with van der Waals surface area (Å²) in [6.45, 7) is 2.26. The molecule has 2 aliphatic carbocycles. The maximum Gasteiger partial charge on any atom is 0.253 e. The number of carbonyl (C=O) groups is 2. The largest absolute Gasteiger partial charge is 0.352 e. The molecule has 0 spiro atoms. The van der Waals surface area contributed by atoms with Crippen molar-refractivity contribution in [3.63, 3.8) is 0 Å². The number of fused-ring (bicyclic) bond motifs is 1. The second-order valence-corrected chi connectivity index (χ2v) is 8.86. The third kappa shape index (κ3) is 4.41. The van der Waals surface area contributed by atoms with Crippen LogP contribution in [0.5, 0.6) is 0 Å². The summed E-state index contributed by atoms with van der Waals surface area (Å²) in [5.41, 5.74) is 3.01. The van der Waals surface area contributed by atoms with Crippen molar-refractivity contribution in [1.82, 2.24) is 10.6 Å². The second-order valence-electron chi connectivity index (χ2n) is 7.90. The molecule has 1 heterocycles. The van der Waals surface area contributed by atoms with Gasteiger partial charge in [0.25, 0.3) is 5.91 Å². The van der Waals surface area contributed by atoms with Crippen LogP contribution < -0.4 is 10.6 Å². The predicted molar refractivity (Wildman–Crippen MR) is 108 cm³/mol. The van der Waals surface area contributed by atoms with Gasteiger partial charge in [0.05, 0.1) is 5.56 Å². The van der Waals surface area contributed by atoms with Crippen LogP contribution in [0.3, 0.4) is 0 Å². The molecule has 2 aromatic rings. The number of carbonyl (C=O) groups excluding carboxylic acids is 2. The Balaban J connectivity index is 1.50. The van der Waals surface area contributed by atoms with Crippen LogP contribution in [0.15, 0.2) is 35.7 Å². The van der Waals surface area contributed by atoms with Gasteiger partial charge in [-0.3, -0.25) is 9.59 Å². The highest BCUT2D eigenvalue weighted by molar-refractivity contribution is 7.10. The highest BCUT2D eigenvalue weighted by Gasteiger charge is 2.30. The van der Waals surface area contributed by atoms with Crippen LogP contribution in [-0.4, -0.2) is 23.9 Å². The van der Waals surface area contributed by atoms with Crippen LogP contribution in [0.4, 0.5) is 0 Å². The van der Waals surface area contributed by atoms with Crippen molar-refractivity contribution >= 4 is 23.2 Å². The van der Waals surface area contributed by atoms with Crippen LogP contribution in [-0.2, 0) is 24.1 Å². The first-order valence-corrected chi connectivity index (χ1v) is 10.7. The van der Waals surface area contributed by atoms with Crippen LogP contribution in [0.25, 0.3) is 0 Å². The Hall–Kier alpha value is -2.14. The molecule has 142 valence electrons. The molecular weight excluding hydrogens is 356 g/mol. The lowest BCUT2D eigenvalue weighted by atomic mass is 9.88. The van der Waals surface area contributed by atoms with Crippen molar-refractivity contribution in [1.29, 1.82) is 0 Å². The molecule has 1 aromatic heterocycles. The molecule has 2 N–H and O–H groups in total. The summed E-state index contributed by atoms with van der Waals surface area (Å²) in [4.78, 5) is 27.0. The monoisotopic (exact) mass is 382 g/mol. The van der Waals surface area contributed by atoms with Crippen molar-refractivity contribution in [2.45, 2.75) is 57.5 Å². The molecule has 1 saturated carbocycles. The topological polar surface area (TPSA) is 58.2 Å². The lowest BCUT2D eigenvalue weighted by Crippen LogP contribution is -2.48. The maximum atomic E-state index is 13.0. The molecule has 2 unspecified atom stereocenters. The van der Waals surface area contributed by atoms with Gasteiger partial charge in [-0.2, -0.15) is 0 Å². The van der Waals surface area contributed by atoms with Gasteiger partial charge in [0, 0.05) is 22.7 Å². The molecule has 2 atom stereocenters. The fraction of sp³-hybridized carbons (Fsp3) is 0.455. The fourth-order valence-electron chi connectivity index (χ4n) is 3.69. The Morgan fingerprint density at radius 3 is 2.70 bits per heavy atom. The highest BCUT2D eigenvalue weighted by atomic mass is 32.1. The number of hydrogen-bond donors (Lipinski definition) is 2. The highest BCUT2D eigenvalue weighted by Crippen LogP contribution is 2.32. The average molecular weight is 383 g/mol. The van der Waals surface area contributed by atoms with Crippen molar-refractivity contribution in [2.24, 2.45) is 5.92 Å². The second kappa shape index (κ2) is 7.85. The van der Waals surface area contributed by atoms with E-state index < -0.39 is 6.04 Å². The van der Waals surface area contributed by atoms with Crippen LogP contribution >= 0.6 is 11.3 Å². The SMILES string of the molecule is CC1CCc2c(C(=O)NC(Cc3ccccc3)C(=O)NC3CC3)csc2C1. The molecule has 0 bridgehead atoms. The van der Waals surface area contributed by atoms with Crippen molar-refractivity contribution < 1.29 is 9.59 Å². The number of thiophene rings is 1. The van der Waals surface area contributed by atoms with Crippen LogP contribution in [0.2, 0.25) is 0 Å². The van der Waals surface area contributed by atoms with E-state index in [9.17, 15) is 9.59 Å². The zero-order chi connectivity index (χ0) is 18.8. The Morgan fingerprint density at radius 1 is 1.19 bits per heavy atom. The Kier molecular flexibility index (Phi) is 5.30. The van der Waals surface area contributed by atoms with Gasteiger partial charge in [0.15, 0.2) is 0 Å². The molecular formula is C22H26N2O2S. The van der Waals surface area contributed by atoms with E-state index in [2.05, 4.69) is 17.6 Å². The Morgan fingerprint density at radius 2 is 1.96 bits per heavy atom. The van der Waals surface area contributed by atoms with Gasteiger partial charge in [-0.15, -0.1) is 11.3 Å². The quantitative estimate of drug-likeness (QED) is 0.803. The number of nitrogens with one attached hydrogen (secondary N) is 2. The number of hydrogen-bond acceptors (Lipinski definition) is 3. The molecule has 1 fully saturated rings. The van der Waals surface area contributed by atoms with E-state index >= 15 is 0 Å². The first-order chi connectivity index (χ1) is 13.1. The van der Waals surface area contributed by atoms with Gasteiger partial charge in [-0.1, -0.05) is 37.3 Å². The molecule has 2 amide bonds. The van der Waals surface area contributed by atoms with Gasteiger partial charge in [-0.05, 0) is 49.1 Å². The molecule has 4 rings (SSSR count). The van der Waals surface area contributed by atoms with Crippen molar-refractivity contribution in [3.05, 3.63) is 57.3 Å². The summed E-state index contributed by atoms with van der Waals surface area (Å²) in [6.07, 6.45) is 5.72. The summed E-state index contributed by atoms with van der Waals surface area (Å²) >= 11 is 1.68. The van der Waals surface area contributed by atoms with E-state index in [0.717, 1.165) is 43.2 Å². The maximum absolute atomic E-state index is 13.0. The molecule has 4 nitrogen and oxygen atoms in total.